The molecule has 0 saturated carbocycles. The summed E-state index contributed by atoms with van der Waals surface area (Å²) in [5, 5.41) is 0. The van der Waals surface area contributed by atoms with Gasteiger partial charge in [0.25, 0.3) is 0 Å². The van der Waals surface area contributed by atoms with Crippen molar-refractivity contribution in [2.75, 3.05) is 0 Å². The van der Waals surface area contributed by atoms with Gasteiger partial charge in [-0.1, -0.05) is 34.1 Å². The van der Waals surface area contributed by atoms with Crippen LogP contribution in [0.3, 0.4) is 0 Å². The molecule has 0 radical (unpaired) electrons. The van der Waals surface area contributed by atoms with Crippen LogP contribution in [0.2, 0.25) is 0 Å². The second-order valence-electron chi connectivity index (χ2n) is 3.42. The first-order valence-corrected chi connectivity index (χ1v) is 5.58. The van der Waals surface area contributed by atoms with Crippen LogP contribution < -0.4 is 0 Å². The van der Waals surface area contributed by atoms with E-state index in [0.717, 1.165) is 25.7 Å². The van der Waals surface area contributed by atoms with Crippen molar-refractivity contribution in [3.63, 3.8) is 0 Å². The monoisotopic (exact) mass is 181 g/mol. The number of hydrogen-bond acceptors (Lipinski definition) is 1. The summed E-state index contributed by atoms with van der Waals surface area (Å²) in [5.41, 5.74) is 1.37. The Bertz CT molecular complexity index is 172. The highest BCUT2D eigenvalue weighted by molar-refractivity contribution is 5.57. The summed E-state index contributed by atoms with van der Waals surface area (Å²) in [7, 11) is 0. The number of nitrogens with zero attached hydrogens (tertiary/aromatic N) is 1. The minimum atomic E-state index is 0.485. The second-order valence-corrected chi connectivity index (χ2v) is 3.42. The highest BCUT2D eigenvalue weighted by atomic mass is 14.7. The first-order chi connectivity index (χ1) is 6.28. The van der Waals surface area contributed by atoms with Crippen molar-refractivity contribution in [3.05, 3.63) is 5.57 Å². The molecule has 0 aromatic rings. The SMILES string of the molecule is CCCC(=C=NC(CC)CC)CC. The lowest BCUT2D eigenvalue weighted by molar-refractivity contribution is 0.634. The molecule has 0 N–H and O–H groups in total. The molecule has 0 aliphatic rings. The molecule has 13 heavy (non-hydrogen) atoms. The molecule has 0 amide bonds. The van der Waals surface area contributed by atoms with Gasteiger partial charge in [-0.3, -0.25) is 0 Å². The van der Waals surface area contributed by atoms with E-state index in [-0.39, 0.29) is 0 Å². The van der Waals surface area contributed by atoms with Crippen LogP contribution in [0.4, 0.5) is 0 Å². The minimum absolute atomic E-state index is 0.485. The van der Waals surface area contributed by atoms with Crippen LogP contribution in [0.5, 0.6) is 0 Å². The Balaban J connectivity index is 4.26. The lowest BCUT2D eigenvalue weighted by Gasteiger charge is -2.03. The van der Waals surface area contributed by atoms with Crippen LogP contribution in [-0.4, -0.2) is 11.9 Å². The van der Waals surface area contributed by atoms with Crippen molar-refractivity contribution in [2.45, 2.75) is 65.8 Å². The average Bonchev–Trinajstić information content (AvgIpc) is 2.17. The van der Waals surface area contributed by atoms with E-state index in [1.54, 1.807) is 0 Å². The fourth-order valence-corrected chi connectivity index (χ4v) is 1.27. The molecule has 0 aliphatic heterocycles. The topological polar surface area (TPSA) is 12.4 Å². The van der Waals surface area contributed by atoms with E-state index in [0.29, 0.717) is 6.04 Å². The van der Waals surface area contributed by atoms with Crippen molar-refractivity contribution in [3.8, 4) is 0 Å². The Morgan fingerprint density at radius 3 is 2.15 bits per heavy atom. The highest BCUT2D eigenvalue weighted by Crippen LogP contribution is 2.06. The van der Waals surface area contributed by atoms with Crippen LogP contribution >= 0.6 is 0 Å². The lowest BCUT2D eigenvalue weighted by atomic mass is 10.1. The lowest BCUT2D eigenvalue weighted by Crippen LogP contribution is -1.99. The maximum Gasteiger partial charge on any atom is 0.0588 e. The molecule has 0 saturated heterocycles. The Kier molecular flexibility index (Phi) is 7.73. The van der Waals surface area contributed by atoms with Crippen LogP contribution in [0.1, 0.15) is 59.8 Å². The Labute approximate surface area is 83.0 Å². The van der Waals surface area contributed by atoms with E-state index in [1.807, 2.05) is 0 Å². The Morgan fingerprint density at radius 1 is 1.15 bits per heavy atom. The van der Waals surface area contributed by atoms with E-state index in [1.165, 1.54) is 12.0 Å². The molecule has 0 aromatic carbocycles. The first-order valence-electron chi connectivity index (χ1n) is 5.58. The van der Waals surface area contributed by atoms with Crippen LogP contribution in [0.25, 0.3) is 0 Å². The molecule has 0 atom stereocenters. The third-order valence-corrected chi connectivity index (χ3v) is 2.33. The number of aliphatic imine (C=N–C) groups is 1. The van der Waals surface area contributed by atoms with Crippen LogP contribution in [0, 0.1) is 0 Å². The molecule has 0 bridgehead atoms. The maximum atomic E-state index is 4.46. The van der Waals surface area contributed by atoms with Crippen molar-refractivity contribution in [1.82, 2.24) is 0 Å². The van der Waals surface area contributed by atoms with Crippen molar-refractivity contribution in [1.29, 1.82) is 0 Å². The number of rotatable bonds is 6. The van der Waals surface area contributed by atoms with Crippen molar-refractivity contribution in [2.24, 2.45) is 4.99 Å². The normalized spacial score (nSPS) is 9.92. The molecule has 76 valence electrons. The molecule has 0 spiro atoms. The zero-order valence-corrected chi connectivity index (χ0v) is 9.56. The largest absolute Gasteiger partial charge is 0.240 e. The van der Waals surface area contributed by atoms with Crippen molar-refractivity contribution >= 4 is 5.87 Å². The van der Waals surface area contributed by atoms with E-state index in [4.69, 9.17) is 0 Å². The van der Waals surface area contributed by atoms with Crippen molar-refractivity contribution < 1.29 is 0 Å². The van der Waals surface area contributed by atoms with E-state index in [2.05, 4.69) is 38.6 Å². The van der Waals surface area contributed by atoms with Gasteiger partial charge in [0.2, 0.25) is 0 Å². The van der Waals surface area contributed by atoms with Gasteiger partial charge in [-0.2, -0.15) is 0 Å². The third-order valence-electron chi connectivity index (χ3n) is 2.33. The zero-order chi connectivity index (χ0) is 10.1. The van der Waals surface area contributed by atoms with Gasteiger partial charge in [-0.25, -0.2) is 4.99 Å². The molecular formula is C12H23N. The van der Waals surface area contributed by atoms with E-state index >= 15 is 0 Å². The minimum Gasteiger partial charge on any atom is -0.240 e. The molecule has 0 rings (SSSR count). The molecule has 0 unspecified atom stereocenters. The van der Waals surface area contributed by atoms with Gasteiger partial charge in [0.05, 0.1) is 6.04 Å². The third kappa shape index (κ3) is 5.65. The van der Waals surface area contributed by atoms with Gasteiger partial charge in [0.1, 0.15) is 0 Å². The predicted molar refractivity (Wildman–Crippen MR) is 60.5 cm³/mol. The zero-order valence-electron chi connectivity index (χ0n) is 9.56. The fraction of sp³-hybridized carbons (Fsp3) is 0.833. The fourth-order valence-electron chi connectivity index (χ4n) is 1.27. The highest BCUT2D eigenvalue weighted by Gasteiger charge is 1.97. The average molecular weight is 181 g/mol. The van der Waals surface area contributed by atoms with Crippen LogP contribution in [0.15, 0.2) is 10.6 Å². The molecule has 0 heterocycles. The Hall–Kier alpha value is -0.550. The smallest absolute Gasteiger partial charge is 0.0588 e. The van der Waals surface area contributed by atoms with Gasteiger partial charge >= 0.3 is 0 Å². The summed E-state index contributed by atoms with van der Waals surface area (Å²) in [6, 6.07) is 0.485. The quantitative estimate of drug-likeness (QED) is 0.550. The van der Waals surface area contributed by atoms with Gasteiger partial charge in [0.15, 0.2) is 0 Å². The van der Waals surface area contributed by atoms with Crippen LogP contribution in [-0.2, 0) is 0 Å². The predicted octanol–water partition coefficient (Wildman–Crippen LogP) is 3.98. The molecule has 0 aromatic heterocycles. The molecule has 0 aliphatic carbocycles. The van der Waals surface area contributed by atoms with E-state index in [9.17, 15) is 0 Å². The standard InChI is InChI=1S/C12H23N/c1-5-9-11(6-2)10-13-12(7-3)8-4/h12H,5-9H2,1-4H3. The molecule has 1 heteroatoms. The summed E-state index contributed by atoms with van der Waals surface area (Å²) >= 11 is 0. The molecular weight excluding hydrogens is 158 g/mol. The van der Waals surface area contributed by atoms with E-state index < -0.39 is 0 Å². The summed E-state index contributed by atoms with van der Waals surface area (Å²) in [6.07, 6.45) is 5.71. The maximum absolute atomic E-state index is 4.46. The molecule has 0 fully saturated rings. The van der Waals surface area contributed by atoms with Gasteiger partial charge < -0.3 is 0 Å². The second kappa shape index (κ2) is 8.07. The Morgan fingerprint density at radius 2 is 1.77 bits per heavy atom. The van der Waals surface area contributed by atoms with Gasteiger partial charge in [-0.05, 0) is 37.1 Å². The van der Waals surface area contributed by atoms with Gasteiger partial charge in [0, 0.05) is 0 Å². The summed E-state index contributed by atoms with van der Waals surface area (Å²) < 4.78 is 0. The summed E-state index contributed by atoms with van der Waals surface area (Å²) in [5.74, 6) is 3.21. The number of allylic oxidation sites excluding steroid dienone is 1. The summed E-state index contributed by atoms with van der Waals surface area (Å²) in [4.78, 5) is 4.46. The first kappa shape index (κ1) is 12.4. The molecule has 1 nitrogen and oxygen atoms in total. The summed E-state index contributed by atoms with van der Waals surface area (Å²) in [6.45, 7) is 8.75. The number of hydrogen-bond donors (Lipinski definition) is 0. The van der Waals surface area contributed by atoms with Gasteiger partial charge in [-0.15, -0.1) is 0 Å².